The second-order valence-electron chi connectivity index (χ2n) is 6.54. The summed E-state index contributed by atoms with van der Waals surface area (Å²) in [5.74, 6) is 0.721. The molecule has 0 bridgehead atoms. The van der Waals surface area contributed by atoms with E-state index >= 15 is 0 Å². The molecule has 0 saturated heterocycles. The minimum atomic E-state index is 0.676. The molecular weight excluding hydrogens is 258 g/mol. The van der Waals surface area contributed by atoms with Gasteiger partial charge in [0.25, 0.3) is 0 Å². The Balaban J connectivity index is 3.55. The van der Waals surface area contributed by atoms with Crippen molar-refractivity contribution in [3.63, 3.8) is 0 Å². The first-order valence-corrected chi connectivity index (χ1v) is 9.48. The predicted molar refractivity (Wildman–Crippen MR) is 95.0 cm³/mol. The van der Waals surface area contributed by atoms with Gasteiger partial charge in [-0.15, -0.1) is 0 Å². The maximum absolute atomic E-state index is 5.21. The molecule has 0 aliphatic rings. The molecule has 0 saturated carbocycles. The summed E-state index contributed by atoms with van der Waals surface area (Å²) in [6, 6.07) is 0.676. The van der Waals surface area contributed by atoms with Crippen LogP contribution in [0.4, 0.5) is 0 Å². The average Bonchev–Trinajstić information content (AvgIpc) is 2.49. The number of hydrogen-bond acceptors (Lipinski definition) is 2. The highest BCUT2D eigenvalue weighted by atomic mass is 16.5. The summed E-state index contributed by atoms with van der Waals surface area (Å²) < 4.78 is 5.21. The lowest BCUT2D eigenvalue weighted by Gasteiger charge is -2.24. The maximum Gasteiger partial charge on any atom is 0.0465 e. The van der Waals surface area contributed by atoms with Gasteiger partial charge in [0.2, 0.25) is 0 Å². The van der Waals surface area contributed by atoms with E-state index in [1.807, 2.05) is 0 Å². The number of hydrogen-bond donors (Lipinski definition) is 1. The SMILES string of the molecule is CCCCCCCCCCCC(NCC)C(C)CCOC. The fourth-order valence-corrected chi connectivity index (χ4v) is 3.03. The van der Waals surface area contributed by atoms with Gasteiger partial charge in [-0.3, -0.25) is 0 Å². The number of methoxy groups -OCH3 is 1. The maximum atomic E-state index is 5.21. The van der Waals surface area contributed by atoms with E-state index < -0.39 is 0 Å². The third-order valence-corrected chi connectivity index (χ3v) is 4.55. The topological polar surface area (TPSA) is 21.3 Å². The fourth-order valence-electron chi connectivity index (χ4n) is 3.03. The Hall–Kier alpha value is -0.0800. The third-order valence-electron chi connectivity index (χ3n) is 4.55. The Kier molecular flexibility index (Phi) is 16.2. The lowest BCUT2D eigenvalue weighted by atomic mass is 9.93. The second kappa shape index (κ2) is 16.3. The van der Waals surface area contributed by atoms with Crippen molar-refractivity contribution in [1.82, 2.24) is 5.32 Å². The van der Waals surface area contributed by atoms with Crippen molar-refractivity contribution >= 4 is 0 Å². The molecule has 0 aliphatic carbocycles. The minimum absolute atomic E-state index is 0.676. The molecule has 0 spiro atoms. The summed E-state index contributed by atoms with van der Waals surface area (Å²) in [4.78, 5) is 0. The molecule has 0 aromatic rings. The van der Waals surface area contributed by atoms with Gasteiger partial charge in [-0.2, -0.15) is 0 Å². The Morgan fingerprint density at radius 3 is 1.90 bits per heavy atom. The Morgan fingerprint density at radius 2 is 1.38 bits per heavy atom. The standard InChI is InChI=1S/C19H41NO/c1-5-7-8-9-10-11-12-13-14-15-19(20-6-2)18(3)16-17-21-4/h18-20H,5-17H2,1-4H3. The summed E-state index contributed by atoms with van der Waals surface area (Å²) >= 11 is 0. The van der Waals surface area contributed by atoms with Crippen molar-refractivity contribution in [1.29, 1.82) is 0 Å². The normalized spacial score (nSPS) is 14.3. The molecule has 128 valence electrons. The van der Waals surface area contributed by atoms with Crippen LogP contribution >= 0.6 is 0 Å². The van der Waals surface area contributed by atoms with Crippen LogP contribution in [0.2, 0.25) is 0 Å². The molecule has 0 aliphatic heterocycles. The predicted octanol–water partition coefficient (Wildman–Crippen LogP) is 5.56. The summed E-state index contributed by atoms with van der Waals surface area (Å²) in [5.41, 5.74) is 0. The molecule has 0 aromatic carbocycles. The first kappa shape index (κ1) is 20.9. The Bertz CT molecular complexity index is 196. The van der Waals surface area contributed by atoms with Crippen molar-refractivity contribution in [3.8, 4) is 0 Å². The van der Waals surface area contributed by atoms with Crippen LogP contribution in [0.3, 0.4) is 0 Å². The van der Waals surface area contributed by atoms with Crippen molar-refractivity contribution in [2.45, 2.75) is 97.4 Å². The molecule has 0 radical (unpaired) electrons. The molecule has 2 unspecified atom stereocenters. The molecule has 2 heteroatoms. The molecule has 21 heavy (non-hydrogen) atoms. The van der Waals surface area contributed by atoms with E-state index in [4.69, 9.17) is 4.74 Å². The molecule has 2 nitrogen and oxygen atoms in total. The van der Waals surface area contributed by atoms with E-state index in [1.54, 1.807) is 7.11 Å². The van der Waals surface area contributed by atoms with Crippen LogP contribution in [0.25, 0.3) is 0 Å². The van der Waals surface area contributed by atoms with Gasteiger partial charge >= 0.3 is 0 Å². The highest BCUT2D eigenvalue weighted by Crippen LogP contribution is 2.16. The van der Waals surface area contributed by atoms with Gasteiger partial charge in [-0.25, -0.2) is 0 Å². The number of ether oxygens (including phenoxy) is 1. The smallest absolute Gasteiger partial charge is 0.0465 e. The van der Waals surface area contributed by atoms with E-state index in [9.17, 15) is 0 Å². The van der Waals surface area contributed by atoms with Gasteiger partial charge in [0.15, 0.2) is 0 Å². The lowest BCUT2D eigenvalue weighted by Crippen LogP contribution is -2.35. The van der Waals surface area contributed by atoms with Crippen LogP contribution in [-0.4, -0.2) is 26.3 Å². The van der Waals surface area contributed by atoms with Crippen molar-refractivity contribution < 1.29 is 4.74 Å². The lowest BCUT2D eigenvalue weighted by molar-refractivity contribution is 0.168. The van der Waals surface area contributed by atoms with Crippen LogP contribution in [0.5, 0.6) is 0 Å². The van der Waals surface area contributed by atoms with Gasteiger partial charge in [0.1, 0.15) is 0 Å². The van der Waals surface area contributed by atoms with E-state index in [2.05, 4.69) is 26.1 Å². The quantitative estimate of drug-likeness (QED) is 0.377. The molecule has 2 atom stereocenters. The van der Waals surface area contributed by atoms with Gasteiger partial charge in [-0.1, -0.05) is 78.6 Å². The Labute approximate surface area is 134 Å². The van der Waals surface area contributed by atoms with Gasteiger partial charge in [-0.05, 0) is 25.3 Å². The zero-order valence-corrected chi connectivity index (χ0v) is 15.3. The van der Waals surface area contributed by atoms with Gasteiger partial charge in [0, 0.05) is 19.8 Å². The third kappa shape index (κ3) is 13.3. The number of rotatable bonds is 16. The summed E-state index contributed by atoms with van der Waals surface area (Å²) in [6.45, 7) is 8.83. The average molecular weight is 300 g/mol. The van der Waals surface area contributed by atoms with E-state index in [-0.39, 0.29) is 0 Å². The summed E-state index contributed by atoms with van der Waals surface area (Å²) in [5, 5.41) is 3.66. The molecule has 1 N–H and O–H groups in total. The molecule has 0 amide bonds. The second-order valence-corrected chi connectivity index (χ2v) is 6.54. The first-order chi connectivity index (χ1) is 10.3. The van der Waals surface area contributed by atoms with Crippen LogP contribution < -0.4 is 5.32 Å². The monoisotopic (exact) mass is 299 g/mol. The van der Waals surface area contributed by atoms with Crippen molar-refractivity contribution in [3.05, 3.63) is 0 Å². The molecule has 0 rings (SSSR count). The van der Waals surface area contributed by atoms with Crippen LogP contribution in [0, 0.1) is 5.92 Å². The van der Waals surface area contributed by atoms with Crippen LogP contribution in [-0.2, 0) is 4.74 Å². The zero-order chi connectivity index (χ0) is 15.8. The summed E-state index contributed by atoms with van der Waals surface area (Å²) in [6.07, 6.45) is 15.3. The van der Waals surface area contributed by atoms with E-state index in [0.29, 0.717) is 6.04 Å². The largest absolute Gasteiger partial charge is 0.385 e. The number of nitrogens with one attached hydrogen (secondary N) is 1. The first-order valence-electron chi connectivity index (χ1n) is 9.48. The highest BCUT2D eigenvalue weighted by molar-refractivity contribution is 4.73. The molecule has 0 heterocycles. The minimum Gasteiger partial charge on any atom is -0.385 e. The Morgan fingerprint density at radius 1 is 0.810 bits per heavy atom. The number of unbranched alkanes of at least 4 members (excludes halogenated alkanes) is 8. The molecule has 0 fully saturated rings. The summed E-state index contributed by atoms with van der Waals surface area (Å²) in [7, 11) is 1.80. The zero-order valence-electron chi connectivity index (χ0n) is 15.3. The fraction of sp³-hybridized carbons (Fsp3) is 1.00. The highest BCUT2D eigenvalue weighted by Gasteiger charge is 2.15. The van der Waals surface area contributed by atoms with Crippen LogP contribution in [0.1, 0.15) is 91.4 Å². The van der Waals surface area contributed by atoms with Crippen LogP contribution in [0.15, 0.2) is 0 Å². The van der Waals surface area contributed by atoms with Gasteiger partial charge in [0.05, 0.1) is 0 Å². The van der Waals surface area contributed by atoms with E-state index in [0.717, 1.165) is 19.1 Å². The molecular formula is C19H41NO. The van der Waals surface area contributed by atoms with E-state index in [1.165, 1.54) is 70.6 Å². The molecule has 0 aromatic heterocycles. The van der Waals surface area contributed by atoms with Crippen molar-refractivity contribution in [2.24, 2.45) is 5.92 Å². The van der Waals surface area contributed by atoms with Crippen molar-refractivity contribution in [2.75, 3.05) is 20.3 Å². The van der Waals surface area contributed by atoms with Gasteiger partial charge < -0.3 is 10.1 Å².